The van der Waals surface area contributed by atoms with Gasteiger partial charge in [0.2, 0.25) is 0 Å². The molecule has 0 radical (unpaired) electrons. The van der Waals surface area contributed by atoms with Gasteiger partial charge < -0.3 is 9.84 Å². The Labute approximate surface area is 93.8 Å². The summed E-state index contributed by atoms with van der Waals surface area (Å²) in [5.41, 5.74) is 0. The molecular formula is C11H19F3O2. The van der Waals surface area contributed by atoms with Crippen LogP contribution in [0.2, 0.25) is 0 Å². The largest absolute Gasteiger partial charge is 0.443 e. The van der Waals surface area contributed by atoms with Crippen molar-refractivity contribution in [2.24, 2.45) is 17.8 Å². The first kappa shape index (κ1) is 13.8. The second kappa shape index (κ2) is 4.18. The molecule has 0 aromatic heterocycles. The van der Waals surface area contributed by atoms with Crippen LogP contribution in [0, 0.1) is 17.8 Å². The molecule has 5 heteroatoms. The molecule has 1 N–H and O–H groups in total. The minimum absolute atomic E-state index is 0.0163. The highest BCUT2D eigenvalue weighted by Crippen LogP contribution is 2.48. The molecule has 1 aliphatic heterocycles. The van der Waals surface area contributed by atoms with E-state index in [1.165, 1.54) is 6.92 Å². The van der Waals surface area contributed by atoms with Crippen LogP contribution in [0.15, 0.2) is 0 Å². The van der Waals surface area contributed by atoms with Crippen molar-refractivity contribution >= 4 is 0 Å². The van der Waals surface area contributed by atoms with Gasteiger partial charge in [-0.05, 0) is 18.3 Å². The molecule has 1 saturated heterocycles. The molecule has 0 aromatic rings. The van der Waals surface area contributed by atoms with Gasteiger partial charge in [0.15, 0.2) is 0 Å². The van der Waals surface area contributed by atoms with Crippen LogP contribution in [0.1, 0.15) is 34.1 Å². The zero-order valence-electron chi connectivity index (χ0n) is 10.0. The van der Waals surface area contributed by atoms with E-state index in [4.69, 9.17) is 4.74 Å². The van der Waals surface area contributed by atoms with Crippen molar-refractivity contribution in [3.63, 3.8) is 0 Å². The van der Waals surface area contributed by atoms with Crippen molar-refractivity contribution in [3.05, 3.63) is 0 Å². The van der Waals surface area contributed by atoms with E-state index in [1.54, 1.807) is 13.8 Å². The van der Waals surface area contributed by atoms with Gasteiger partial charge >= 0.3 is 6.18 Å². The molecule has 0 aliphatic carbocycles. The molecule has 1 fully saturated rings. The third-order valence-corrected chi connectivity index (χ3v) is 3.96. The number of alkyl halides is 3. The molecule has 1 rings (SSSR count). The van der Waals surface area contributed by atoms with Gasteiger partial charge in [0.25, 0.3) is 5.79 Å². The van der Waals surface area contributed by atoms with E-state index in [0.717, 1.165) is 0 Å². The average molecular weight is 240 g/mol. The van der Waals surface area contributed by atoms with Gasteiger partial charge in [0, 0.05) is 5.92 Å². The maximum Gasteiger partial charge on any atom is 0.443 e. The minimum atomic E-state index is -4.74. The molecule has 1 aliphatic rings. The molecule has 2 nitrogen and oxygen atoms in total. The predicted molar refractivity (Wildman–Crippen MR) is 53.7 cm³/mol. The van der Waals surface area contributed by atoms with Gasteiger partial charge in [-0.2, -0.15) is 13.2 Å². The summed E-state index contributed by atoms with van der Waals surface area (Å²) in [6.45, 7) is 6.75. The first-order chi connectivity index (χ1) is 7.15. The maximum atomic E-state index is 12.8. The predicted octanol–water partition coefficient (Wildman–Crippen LogP) is 2.95. The molecule has 1 heterocycles. The molecule has 0 amide bonds. The number of halogens is 3. The summed E-state index contributed by atoms with van der Waals surface area (Å²) in [5.74, 6) is -4.17. The SMILES string of the molecule is CCC1OC(O)(C(F)(F)F)C(C)C(C)C1C. The zero-order valence-corrected chi connectivity index (χ0v) is 10.0. The lowest BCUT2D eigenvalue weighted by molar-refractivity contribution is -0.420. The van der Waals surface area contributed by atoms with Gasteiger partial charge in [-0.25, -0.2) is 0 Å². The van der Waals surface area contributed by atoms with Crippen molar-refractivity contribution in [2.45, 2.75) is 52.2 Å². The van der Waals surface area contributed by atoms with E-state index in [-0.39, 0.29) is 11.8 Å². The number of aliphatic hydroxyl groups is 1. The molecule has 5 unspecified atom stereocenters. The van der Waals surface area contributed by atoms with E-state index >= 15 is 0 Å². The normalized spacial score (nSPS) is 45.8. The van der Waals surface area contributed by atoms with Crippen LogP contribution in [0.3, 0.4) is 0 Å². The average Bonchev–Trinajstić information content (AvgIpc) is 2.19. The summed E-state index contributed by atoms with van der Waals surface area (Å²) in [6.07, 6.45) is -4.82. The number of hydrogen-bond donors (Lipinski definition) is 1. The van der Waals surface area contributed by atoms with Crippen molar-refractivity contribution in [2.75, 3.05) is 0 Å². The van der Waals surface area contributed by atoms with Crippen LogP contribution in [-0.4, -0.2) is 23.2 Å². The Balaban J connectivity index is 3.04. The van der Waals surface area contributed by atoms with Crippen LogP contribution in [0.5, 0.6) is 0 Å². The van der Waals surface area contributed by atoms with Gasteiger partial charge in [-0.15, -0.1) is 0 Å². The Kier molecular flexibility index (Phi) is 3.60. The zero-order chi connectivity index (χ0) is 12.7. The van der Waals surface area contributed by atoms with Crippen LogP contribution >= 0.6 is 0 Å². The summed E-state index contributed by atoms with van der Waals surface area (Å²) in [5, 5.41) is 9.72. The maximum absolute atomic E-state index is 12.8. The minimum Gasteiger partial charge on any atom is -0.358 e. The summed E-state index contributed by atoms with van der Waals surface area (Å²) in [6, 6.07) is 0. The van der Waals surface area contributed by atoms with E-state index in [0.29, 0.717) is 6.42 Å². The lowest BCUT2D eigenvalue weighted by Gasteiger charge is -2.48. The molecule has 96 valence electrons. The van der Waals surface area contributed by atoms with Crippen LogP contribution in [0.25, 0.3) is 0 Å². The molecule has 5 atom stereocenters. The molecule has 16 heavy (non-hydrogen) atoms. The van der Waals surface area contributed by atoms with E-state index in [2.05, 4.69) is 0 Å². The van der Waals surface area contributed by atoms with E-state index in [9.17, 15) is 18.3 Å². The van der Waals surface area contributed by atoms with Crippen LogP contribution in [-0.2, 0) is 4.74 Å². The number of ether oxygens (including phenoxy) is 1. The van der Waals surface area contributed by atoms with Crippen molar-refractivity contribution in [1.82, 2.24) is 0 Å². The third-order valence-electron chi connectivity index (χ3n) is 3.96. The van der Waals surface area contributed by atoms with Gasteiger partial charge in [0.05, 0.1) is 6.10 Å². The first-order valence-corrected chi connectivity index (χ1v) is 5.62. The molecule has 0 bridgehead atoms. The molecule has 0 aromatic carbocycles. The van der Waals surface area contributed by atoms with Gasteiger partial charge in [-0.1, -0.05) is 27.7 Å². The smallest absolute Gasteiger partial charge is 0.358 e. The number of rotatable bonds is 1. The fraction of sp³-hybridized carbons (Fsp3) is 1.00. The standard InChI is InChI=1S/C11H19F3O2/c1-5-9-7(3)6(2)8(4)10(15,16-9)11(12,13)14/h6-9,15H,5H2,1-4H3. The second-order valence-electron chi connectivity index (χ2n) is 4.77. The summed E-state index contributed by atoms with van der Waals surface area (Å²) >= 11 is 0. The Bertz CT molecular complexity index is 252. The highest BCUT2D eigenvalue weighted by molar-refractivity contribution is 4.93. The first-order valence-electron chi connectivity index (χ1n) is 5.62. The molecular weight excluding hydrogens is 221 g/mol. The second-order valence-corrected chi connectivity index (χ2v) is 4.77. The summed E-state index contributed by atoms with van der Waals surface area (Å²) in [4.78, 5) is 0. The number of hydrogen-bond acceptors (Lipinski definition) is 2. The lowest BCUT2D eigenvalue weighted by Crippen LogP contribution is -2.61. The molecule has 0 spiro atoms. The monoisotopic (exact) mass is 240 g/mol. The van der Waals surface area contributed by atoms with Gasteiger partial charge in [0.1, 0.15) is 0 Å². The quantitative estimate of drug-likeness (QED) is 0.763. The topological polar surface area (TPSA) is 29.5 Å². The fourth-order valence-electron chi connectivity index (χ4n) is 2.38. The Morgan fingerprint density at radius 2 is 1.69 bits per heavy atom. The van der Waals surface area contributed by atoms with Crippen LogP contribution < -0.4 is 0 Å². The Morgan fingerprint density at radius 3 is 2.06 bits per heavy atom. The Morgan fingerprint density at radius 1 is 1.19 bits per heavy atom. The third kappa shape index (κ3) is 1.95. The summed E-state index contributed by atoms with van der Waals surface area (Å²) in [7, 11) is 0. The Hall–Kier alpha value is -0.290. The fourth-order valence-corrected chi connectivity index (χ4v) is 2.38. The van der Waals surface area contributed by atoms with E-state index < -0.39 is 24.0 Å². The highest BCUT2D eigenvalue weighted by Gasteiger charge is 2.63. The molecule has 0 saturated carbocycles. The van der Waals surface area contributed by atoms with Crippen LogP contribution in [0.4, 0.5) is 13.2 Å². The summed E-state index contributed by atoms with van der Waals surface area (Å²) < 4.78 is 43.3. The van der Waals surface area contributed by atoms with Crippen molar-refractivity contribution in [3.8, 4) is 0 Å². The highest BCUT2D eigenvalue weighted by atomic mass is 19.4. The lowest BCUT2D eigenvalue weighted by atomic mass is 9.74. The van der Waals surface area contributed by atoms with E-state index in [1.807, 2.05) is 6.92 Å². The van der Waals surface area contributed by atoms with Gasteiger partial charge in [-0.3, -0.25) is 0 Å². The van der Waals surface area contributed by atoms with Crippen molar-refractivity contribution < 1.29 is 23.0 Å². The van der Waals surface area contributed by atoms with Crippen molar-refractivity contribution in [1.29, 1.82) is 0 Å².